The monoisotopic (exact) mass is 439 g/mol. The largest absolute Gasteiger partial charge is 0.496 e. The standard InChI is InChI=1S/C19H19Cl2N3O3S/c1-26-17-5-3-12(20)10-14(17)18(25)23-19(28)22-15-11-13(21)2-4-16(15)24-6-8-27-9-7-24/h2-5,10-11H,6-9H2,1H3,(H2,22,23,25,28). The van der Waals surface area contributed by atoms with Crippen LogP contribution >= 0.6 is 35.4 Å². The first-order chi connectivity index (χ1) is 13.5. The molecule has 0 aliphatic carbocycles. The molecule has 0 atom stereocenters. The van der Waals surface area contributed by atoms with Crippen molar-refractivity contribution in [3.63, 3.8) is 0 Å². The normalized spacial score (nSPS) is 13.8. The molecule has 6 nitrogen and oxygen atoms in total. The lowest BCUT2D eigenvalue weighted by Crippen LogP contribution is -2.38. The summed E-state index contributed by atoms with van der Waals surface area (Å²) in [5.41, 5.74) is 1.93. The van der Waals surface area contributed by atoms with Crippen molar-refractivity contribution in [2.75, 3.05) is 43.6 Å². The highest BCUT2D eigenvalue weighted by Crippen LogP contribution is 2.30. The van der Waals surface area contributed by atoms with Crippen LogP contribution in [-0.4, -0.2) is 44.4 Å². The maximum Gasteiger partial charge on any atom is 0.261 e. The van der Waals surface area contributed by atoms with Crippen LogP contribution in [-0.2, 0) is 4.74 Å². The lowest BCUT2D eigenvalue weighted by atomic mass is 10.2. The Morgan fingerprint density at radius 1 is 1.14 bits per heavy atom. The number of thiocarbonyl (C=S) groups is 1. The summed E-state index contributed by atoms with van der Waals surface area (Å²) in [7, 11) is 1.48. The van der Waals surface area contributed by atoms with Crippen molar-refractivity contribution < 1.29 is 14.3 Å². The van der Waals surface area contributed by atoms with E-state index in [0.717, 1.165) is 18.8 Å². The number of carbonyl (C=O) groups is 1. The van der Waals surface area contributed by atoms with E-state index in [4.69, 9.17) is 44.9 Å². The molecular formula is C19H19Cl2N3O3S. The number of morpholine rings is 1. The molecule has 1 heterocycles. The summed E-state index contributed by atoms with van der Waals surface area (Å²) < 4.78 is 10.6. The first-order valence-corrected chi connectivity index (χ1v) is 9.72. The molecule has 0 bridgehead atoms. The third kappa shape index (κ3) is 5.05. The zero-order chi connectivity index (χ0) is 20.1. The maximum atomic E-state index is 12.6. The smallest absolute Gasteiger partial charge is 0.261 e. The Balaban J connectivity index is 1.75. The van der Waals surface area contributed by atoms with Crippen molar-refractivity contribution in [2.24, 2.45) is 0 Å². The van der Waals surface area contributed by atoms with Crippen molar-refractivity contribution >= 4 is 57.8 Å². The van der Waals surface area contributed by atoms with E-state index in [9.17, 15) is 4.79 Å². The van der Waals surface area contributed by atoms with Gasteiger partial charge >= 0.3 is 0 Å². The fraction of sp³-hybridized carbons (Fsp3) is 0.263. The van der Waals surface area contributed by atoms with Gasteiger partial charge in [-0.2, -0.15) is 0 Å². The van der Waals surface area contributed by atoms with Gasteiger partial charge in [0.2, 0.25) is 0 Å². The average Bonchev–Trinajstić information content (AvgIpc) is 2.68. The second kappa shape index (κ2) is 9.43. The molecule has 28 heavy (non-hydrogen) atoms. The van der Waals surface area contributed by atoms with Gasteiger partial charge in [0, 0.05) is 23.1 Å². The Kier molecular flexibility index (Phi) is 6.96. The SMILES string of the molecule is COc1ccc(Cl)cc1C(=O)NC(=S)Nc1cc(Cl)ccc1N1CCOCC1. The van der Waals surface area contributed by atoms with Crippen LogP contribution in [0.15, 0.2) is 36.4 Å². The number of anilines is 2. The molecular weight excluding hydrogens is 421 g/mol. The van der Waals surface area contributed by atoms with Crippen LogP contribution in [0.2, 0.25) is 10.0 Å². The number of hydrogen-bond donors (Lipinski definition) is 2. The van der Waals surface area contributed by atoms with Gasteiger partial charge in [-0.25, -0.2) is 0 Å². The maximum absolute atomic E-state index is 12.6. The summed E-state index contributed by atoms with van der Waals surface area (Å²) in [6.45, 7) is 2.82. The Hall–Kier alpha value is -2.06. The minimum absolute atomic E-state index is 0.142. The summed E-state index contributed by atoms with van der Waals surface area (Å²) in [4.78, 5) is 14.8. The fourth-order valence-electron chi connectivity index (χ4n) is 2.87. The minimum atomic E-state index is -0.424. The fourth-order valence-corrected chi connectivity index (χ4v) is 3.42. The molecule has 148 valence electrons. The Morgan fingerprint density at radius 3 is 2.54 bits per heavy atom. The highest BCUT2D eigenvalue weighted by Gasteiger charge is 2.18. The molecule has 1 fully saturated rings. The number of ether oxygens (including phenoxy) is 2. The number of methoxy groups -OCH3 is 1. The summed E-state index contributed by atoms with van der Waals surface area (Å²) >= 11 is 17.5. The van der Waals surface area contributed by atoms with Gasteiger partial charge in [-0.1, -0.05) is 23.2 Å². The van der Waals surface area contributed by atoms with Gasteiger partial charge in [0.25, 0.3) is 5.91 Å². The van der Waals surface area contributed by atoms with Gasteiger partial charge in [0.1, 0.15) is 5.75 Å². The molecule has 0 radical (unpaired) electrons. The van der Waals surface area contributed by atoms with E-state index in [1.54, 1.807) is 18.2 Å². The molecule has 0 unspecified atom stereocenters. The van der Waals surface area contributed by atoms with E-state index in [1.165, 1.54) is 13.2 Å². The van der Waals surface area contributed by atoms with Crippen LogP contribution in [0.4, 0.5) is 11.4 Å². The molecule has 0 saturated carbocycles. The number of nitrogens with one attached hydrogen (secondary N) is 2. The number of carbonyl (C=O) groups excluding carboxylic acids is 1. The molecule has 0 aromatic heterocycles. The van der Waals surface area contributed by atoms with Crippen LogP contribution < -0.4 is 20.3 Å². The van der Waals surface area contributed by atoms with E-state index in [-0.39, 0.29) is 5.11 Å². The van der Waals surface area contributed by atoms with Crippen molar-refractivity contribution in [2.45, 2.75) is 0 Å². The van der Waals surface area contributed by atoms with Crippen LogP contribution in [0, 0.1) is 0 Å². The molecule has 1 aliphatic rings. The van der Waals surface area contributed by atoms with E-state index < -0.39 is 5.91 Å². The Bertz CT molecular complexity index is 889. The van der Waals surface area contributed by atoms with Crippen LogP contribution in [0.5, 0.6) is 5.75 Å². The summed E-state index contributed by atoms with van der Waals surface area (Å²) in [5.74, 6) is -0.0201. The van der Waals surface area contributed by atoms with Gasteiger partial charge in [-0.05, 0) is 48.6 Å². The third-order valence-corrected chi connectivity index (χ3v) is 4.87. The first kappa shape index (κ1) is 20.7. The number of amides is 1. The molecule has 0 spiro atoms. The van der Waals surface area contributed by atoms with Crippen LogP contribution in [0.1, 0.15) is 10.4 Å². The summed E-state index contributed by atoms with van der Waals surface area (Å²) in [5, 5.41) is 6.84. The third-order valence-electron chi connectivity index (χ3n) is 4.19. The predicted octanol–water partition coefficient (Wildman–Crippen LogP) is 3.97. The van der Waals surface area contributed by atoms with Crippen LogP contribution in [0.25, 0.3) is 0 Å². The molecule has 3 rings (SSSR count). The van der Waals surface area contributed by atoms with Gasteiger partial charge in [-0.3, -0.25) is 10.1 Å². The predicted molar refractivity (Wildman–Crippen MR) is 116 cm³/mol. The van der Waals surface area contributed by atoms with E-state index in [1.807, 2.05) is 12.1 Å². The van der Waals surface area contributed by atoms with Crippen molar-refractivity contribution in [3.8, 4) is 5.75 Å². The summed E-state index contributed by atoms with van der Waals surface area (Å²) in [6, 6.07) is 10.3. The van der Waals surface area contributed by atoms with E-state index in [0.29, 0.717) is 40.3 Å². The van der Waals surface area contributed by atoms with Crippen molar-refractivity contribution in [1.82, 2.24) is 5.32 Å². The zero-order valence-electron chi connectivity index (χ0n) is 15.1. The highest BCUT2D eigenvalue weighted by atomic mass is 35.5. The number of halogens is 2. The molecule has 2 aromatic carbocycles. The van der Waals surface area contributed by atoms with Gasteiger partial charge in [-0.15, -0.1) is 0 Å². The second-order valence-corrected chi connectivity index (χ2v) is 7.29. The minimum Gasteiger partial charge on any atom is -0.496 e. The van der Waals surface area contributed by atoms with Gasteiger partial charge in [0.15, 0.2) is 5.11 Å². The Morgan fingerprint density at radius 2 is 1.82 bits per heavy atom. The molecule has 1 saturated heterocycles. The number of nitrogens with zero attached hydrogens (tertiary/aromatic N) is 1. The van der Waals surface area contributed by atoms with Gasteiger partial charge < -0.3 is 19.7 Å². The molecule has 2 N–H and O–H groups in total. The van der Waals surface area contributed by atoms with Gasteiger partial charge in [0.05, 0.1) is 37.3 Å². The van der Waals surface area contributed by atoms with Crippen molar-refractivity contribution in [3.05, 3.63) is 52.0 Å². The number of hydrogen-bond acceptors (Lipinski definition) is 5. The van der Waals surface area contributed by atoms with Crippen molar-refractivity contribution in [1.29, 1.82) is 0 Å². The average molecular weight is 440 g/mol. The quantitative estimate of drug-likeness (QED) is 0.702. The molecule has 1 amide bonds. The molecule has 2 aromatic rings. The number of rotatable bonds is 4. The number of benzene rings is 2. The molecule has 9 heteroatoms. The van der Waals surface area contributed by atoms with E-state index >= 15 is 0 Å². The van der Waals surface area contributed by atoms with E-state index in [2.05, 4.69) is 15.5 Å². The lowest BCUT2D eigenvalue weighted by Gasteiger charge is -2.30. The second-order valence-electron chi connectivity index (χ2n) is 6.01. The highest BCUT2D eigenvalue weighted by molar-refractivity contribution is 7.80. The topological polar surface area (TPSA) is 62.8 Å². The Labute approximate surface area is 178 Å². The lowest BCUT2D eigenvalue weighted by molar-refractivity contribution is 0.0975. The zero-order valence-corrected chi connectivity index (χ0v) is 17.5. The summed E-state index contributed by atoms with van der Waals surface area (Å²) in [6.07, 6.45) is 0. The first-order valence-electron chi connectivity index (χ1n) is 8.56. The van der Waals surface area contributed by atoms with Crippen LogP contribution in [0.3, 0.4) is 0 Å². The molecule has 1 aliphatic heterocycles.